The van der Waals surface area contributed by atoms with Crippen molar-refractivity contribution >= 4 is 11.6 Å². The summed E-state index contributed by atoms with van der Waals surface area (Å²) in [5, 5.41) is 6.49. The number of benzene rings is 1. The van der Waals surface area contributed by atoms with Crippen molar-refractivity contribution in [2.45, 2.75) is 25.3 Å². The lowest BCUT2D eigenvalue weighted by molar-refractivity contribution is -0.122. The molecule has 23 heavy (non-hydrogen) atoms. The van der Waals surface area contributed by atoms with Gasteiger partial charge >= 0.3 is 0 Å². The van der Waals surface area contributed by atoms with Gasteiger partial charge in [0.1, 0.15) is 0 Å². The SMILES string of the molecule is O=C(CCN1CCN(c2ccccc2)CC1)NC1CCCNC1. The highest BCUT2D eigenvalue weighted by atomic mass is 16.1. The summed E-state index contributed by atoms with van der Waals surface area (Å²) in [6, 6.07) is 10.9. The maximum absolute atomic E-state index is 12.1. The van der Waals surface area contributed by atoms with E-state index in [0.717, 1.165) is 58.7 Å². The highest BCUT2D eigenvalue weighted by Crippen LogP contribution is 2.15. The van der Waals surface area contributed by atoms with E-state index in [9.17, 15) is 4.79 Å². The van der Waals surface area contributed by atoms with Gasteiger partial charge in [0.15, 0.2) is 0 Å². The number of nitrogens with zero attached hydrogens (tertiary/aromatic N) is 2. The van der Waals surface area contributed by atoms with Gasteiger partial charge in [0.2, 0.25) is 5.91 Å². The molecule has 5 heteroatoms. The zero-order valence-electron chi connectivity index (χ0n) is 13.8. The van der Waals surface area contributed by atoms with Crippen molar-refractivity contribution in [3.8, 4) is 0 Å². The molecule has 0 radical (unpaired) electrons. The first-order valence-corrected chi connectivity index (χ1v) is 8.84. The fraction of sp³-hybridized carbons (Fsp3) is 0.611. The Kier molecular flexibility index (Phi) is 5.88. The van der Waals surface area contributed by atoms with Crippen molar-refractivity contribution in [2.75, 3.05) is 50.7 Å². The number of para-hydroxylation sites is 1. The molecular formula is C18H28N4O. The Morgan fingerprint density at radius 2 is 1.96 bits per heavy atom. The summed E-state index contributed by atoms with van der Waals surface area (Å²) < 4.78 is 0. The summed E-state index contributed by atoms with van der Waals surface area (Å²) in [4.78, 5) is 16.9. The molecule has 2 aliphatic rings. The van der Waals surface area contributed by atoms with Gasteiger partial charge in [-0.15, -0.1) is 0 Å². The summed E-state index contributed by atoms with van der Waals surface area (Å²) in [6.07, 6.45) is 2.88. The molecule has 2 N–H and O–H groups in total. The second kappa shape index (κ2) is 8.31. The molecule has 0 saturated carbocycles. The molecule has 2 saturated heterocycles. The molecule has 1 aromatic carbocycles. The molecule has 3 rings (SSSR count). The molecular weight excluding hydrogens is 288 g/mol. The smallest absolute Gasteiger partial charge is 0.221 e. The van der Waals surface area contributed by atoms with Gasteiger partial charge in [0.05, 0.1) is 0 Å². The van der Waals surface area contributed by atoms with E-state index in [-0.39, 0.29) is 5.91 Å². The van der Waals surface area contributed by atoms with Crippen LogP contribution >= 0.6 is 0 Å². The first kappa shape index (κ1) is 16.3. The van der Waals surface area contributed by atoms with Crippen LogP contribution in [0.1, 0.15) is 19.3 Å². The lowest BCUT2D eigenvalue weighted by atomic mass is 10.1. The number of piperazine rings is 1. The van der Waals surface area contributed by atoms with Gasteiger partial charge in [0.25, 0.3) is 0 Å². The molecule has 1 unspecified atom stereocenters. The molecule has 1 atom stereocenters. The van der Waals surface area contributed by atoms with Crippen LogP contribution in [0.25, 0.3) is 0 Å². The zero-order chi connectivity index (χ0) is 15.9. The molecule has 0 bridgehead atoms. The Bertz CT molecular complexity index is 479. The average Bonchev–Trinajstić information content (AvgIpc) is 2.62. The minimum atomic E-state index is 0.198. The van der Waals surface area contributed by atoms with Crippen molar-refractivity contribution in [3.63, 3.8) is 0 Å². The molecule has 0 spiro atoms. The van der Waals surface area contributed by atoms with Gasteiger partial charge in [-0.25, -0.2) is 0 Å². The molecule has 0 aromatic heterocycles. The number of hydrogen-bond acceptors (Lipinski definition) is 4. The van der Waals surface area contributed by atoms with Crippen molar-refractivity contribution in [3.05, 3.63) is 30.3 Å². The summed E-state index contributed by atoms with van der Waals surface area (Å²) in [5.41, 5.74) is 1.30. The molecule has 0 aliphatic carbocycles. The summed E-state index contributed by atoms with van der Waals surface area (Å²) in [6.45, 7) is 7.02. The number of nitrogens with one attached hydrogen (secondary N) is 2. The van der Waals surface area contributed by atoms with Gasteiger partial charge in [0, 0.05) is 57.4 Å². The number of piperidine rings is 1. The summed E-state index contributed by atoms with van der Waals surface area (Å²) in [7, 11) is 0. The Morgan fingerprint density at radius 1 is 1.17 bits per heavy atom. The number of hydrogen-bond donors (Lipinski definition) is 2. The summed E-state index contributed by atoms with van der Waals surface area (Å²) in [5.74, 6) is 0.198. The van der Waals surface area contributed by atoms with E-state index in [1.54, 1.807) is 0 Å². The number of amides is 1. The van der Waals surface area contributed by atoms with E-state index in [0.29, 0.717) is 12.5 Å². The first-order chi connectivity index (χ1) is 11.3. The molecule has 1 amide bonds. The number of anilines is 1. The highest BCUT2D eigenvalue weighted by Gasteiger charge is 2.19. The highest BCUT2D eigenvalue weighted by molar-refractivity contribution is 5.76. The van der Waals surface area contributed by atoms with Crippen LogP contribution in [-0.2, 0) is 4.79 Å². The van der Waals surface area contributed by atoms with Crippen molar-refractivity contribution in [1.82, 2.24) is 15.5 Å². The van der Waals surface area contributed by atoms with Crippen LogP contribution in [0, 0.1) is 0 Å². The van der Waals surface area contributed by atoms with Crippen LogP contribution in [0.3, 0.4) is 0 Å². The van der Waals surface area contributed by atoms with E-state index in [4.69, 9.17) is 0 Å². The minimum Gasteiger partial charge on any atom is -0.369 e. The van der Waals surface area contributed by atoms with E-state index in [1.165, 1.54) is 5.69 Å². The van der Waals surface area contributed by atoms with Crippen LogP contribution in [0.15, 0.2) is 30.3 Å². The van der Waals surface area contributed by atoms with Gasteiger partial charge in [-0.3, -0.25) is 9.69 Å². The van der Waals surface area contributed by atoms with Crippen LogP contribution < -0.4 is 15.5 Å². The molecule has 2 fully saturated rings. The van der Waals surface area contributed by atoms with E-state index < -0.39 is 0 Å². The van der Waals surface area contributed by atoms with Crippen molar-refractivity contribution in [2.24, 2.45) is 0 Å². The Balaban J connectivity index is 1.35. The number of carbonyl (C=O) groups is 1. The van der Waals surface area contributed by atoms with Gasteiger partial charge in [-0.2, -0.15) is 0 Å². The van der Waals surface area contributed by atoms with Crippen molar-refractivity contribution < 1.29 is 4.79 Å². The van der Waals surface area contributed by atoms with Gasteiger partial charge in [-0.1, -0.05) is 18.2 Å². The predicted molar refractivity (Wildman–Crippen MR) is 93.7 cm³/mol. The molecule has 2 heterocycles. The predicted octanol–water partition coefficient (Wildman–Crippen LogP) is 1.07. The van der Waals surface area contributed by atoms with Crippen LogP contribution in [0.2, 0.25) is 0 Å². The maximum atomic E-state index is 12.1. The Hall–Kier alpha value is -1.59. The largest absolute Gasteiger partial charge is 0.369 e. The topological polar surface area (TPSA) is 47.6 Å². The van der Waals surface area contributed by atoms with Crippen LogP contribution in [0.4, 0.5) is 5.69 Å². The van der Waals surface area contributed by atoms with E-state index in [1.807, 2.05) is 0 Å². The fourth-order valence-electron chi connectivity index (χ4n) is 3.40. The number of rotatable bonds is 5. The lowest BCUT2D eigenvalue weighted by Gasteiger charge is -2.36. The van der Waals surface area contributed by atoms with E-state index >= 15 is 0 Å². The fourth-order valence-corrected chi connectivity index (χ4v) is 3.40. The Morgan fingerprint density at radius 3 is 2.65 bits per heavy atom. The molecule has 126 valence electrons. The van der Waals surface area contributed by atoms with E-state index in [2.05, 4.69) is 50.8 Å². The zero-order valence-corrected chi connectivity index (χ0v) is 13.8. The van der Waals surface area contributed by atoms with Crippen LogP contribution in [0.5, 0.6) is 0 Å². The maximum Gasteiger partial charge on any atom is 0.221 e. The molecule has 1 aromatic rings. The third kappa shape index (κ3) is 4.94. The third-order valence-corrected chi connectivity index (χ3v) is 4.81. The Labute approximate surface area is 139 Å². The summed E-state index contributed by atoms with van der Waals surface area (Å²) >= 11 is 0. The number of carbonyl (C=O) groups excluding carboxylic acids is 1. The monoisotopic (exact) mass is 316 g/mol. The normalized spacial score (nSPS) is 22.8. The average molecular weight is 316 g/mol. The quantitative estimate of drug-likeness (QED) is 0.853. The van der Waals surface area contributed by atoms with Gasteiger partial charge in [-0.05, 0) is 31.5 Å². The lowest BCUT2D eigenvalue weighted by Crippen LogP contribution is -2.48. The second-order valence-electron chi connectivity index (χ2n) is 6.53. The molecule has 5 nitrogen and oxygen atoms in total. The first-order valence-electron chi connectivity index (χ1n) is 8.84. The van der Waals surface area contributed by atoms with Crippen molar-refractivity contribution in [1.29, 1.82) is 0 Å². The second-order valence-corrected chi connectivity index (χ2v) is 6.53. The van der Waals surface area contributed by atoms with Crippen LogP contribution in [-0.4, -0.2) is 62.7 Å². The standard InChI is InChI=1S/C18H28N4O/c23-18(20-16-5-4-9-19-15-16)8-10-21-11-13-22(14-12-21)17-6-2-1-3-7-17/h1-3,6-7,16,19H,4-5,8-15H2,(H,20,23). The minimum absolute atomic E-state index is 0.198. The van der Waals surface area contributed by atoms with Gasteiger partial charge < -0.3 is 15.5 Å². The molecule has 2 aliphatic heterocycles. The third-order valence-electron chi connectivity index (χ3n) is 4.81.